The minimum atomic E-state index is -0.266. The number of hydrogen-bond acceptors (Lipinski definition) is 3. The fourth-order valence-electron chi connectivity index (χ4n) is 4.53. The normalized spacial score (nSPS) is 20.0. The second kappa shape index (κ2) is 9.20. The van der Waals surface area contributed by atoms with E-state index in [9.17, 15) is 9.59 Å². The van der Waals surface area contributed by atoms with Crippen LogP contribution in [0, 0.1) is 11.8 Å². The number of rotatable bonds is 6. The van der Waals surface area contributed by atoms with Crippen molar-refractivity contribution >= 4 is 17.6 Å². The van der Waals surface area contributed by atoms with Crippen molar-refractivity contribution in [2.45, 2.75) is 32.2 Å². The Morgan fingerprint density at radius 1 is 0.967 bits per heavy atom. The topological polar surface area (TPSA) is 70.7 Å². The summed E-state index contributed by atoms with van der Waals surface area (Å²) < 4.78 is 5.13. The molecule has 0 radical (unpaired) electrons. The highest BCUT2D eigenvalue weighted by Gasteiger charge is 2.37. The quantitative estimate of drug-likeness (QED) is 0.765. The van der Waals surface area contributed by atoms with E-state index in [0.717, 1.165) is 41.8 Å². The predicted octanol–water partition coefficient (Wildman–Crippen LogP) is 3.82. The number of fused-ring (bicyclic) bond motifs is 1. The largest absolute Gasteiger partial charge is 0.497 e. The van der Waals surface area contributed by atoms with E-state index in [0.29, 0.717) is 18.7 Å². The molecule has 6 heteroatoms. The van der Waals surface area contributed by atoms with Gasteiger partial charge < -0.3 is 20.3 Å². The van der Waals surface area contributed by atoms with Gasteiger partial charge in [-0.25, -0.2) is 4.79 Å². The Hall–Kier alpha value is -3.02. The first-order chi connectivity index (χ1) is 14.6. The number of ether oxygens (including phenoxy) is 1. The van der Waals surface area contributed by atoms with E-state index < -0.39 is 0 Å². The van der Waals surface area contributed by atoms with Crippen LogP contribution in [0.5, 0.6) is 5.75 Å². The number of likely N-dealkylation sites (tertiary alicyclic amines) is 1. The second-order valence-corrected chi connectivity index (χ2v) is 8.28. The van der Waals surface area contributed by atoms with Crippen molar-refractivity contribution in [3.8, 4) is 5.75 Å². The van der Waals surface area contributed by atoms with Crippen molar-refractivity contribution in [2.75, 3.05) is 25.5 Å². The average molecular weight is 408 g/mol. The first-order valence-electron chi connectivity index (χ1n) is 10.6. The molecule has 2 aliphatic rings. The number of nitrogens with one attached hydrogen (secondary N) is 2. The van der Waals surface area contributed by atoms with Crippen molar-refractivity contribution in [2.24, 2.45) is 11.8 Å². The Morgan fingerprint density at radius 3 is 2.23 bits per heavy atom. The van der Waals surface area contributed by atoms with Crippen LogP contribution < -0.4 is 15.4 Å². The van der Waals surface area contributed by atoms with E-state index in [2.05, 4.69) is 10.6 Å². The highest BCUT2D eigenvalue weighted by atomic mass is 16.5. The number of carbonyl (C=O) groups excluding carboxylic acids is 2. The third-order valence-electron chi connectivity index (χ3n) is 6.26. The average Bonchev–Trinajstić information content (AvgIpc) is 3.36. The molecule has 1 aliphatic heterocycles. The maximum Gasteiger partial charge on any atom is 0.319 e. The highest BCUT2D eigenvalue weighted by Crippen LogP contribution is 2.37. The molecule has 1 aliphatic carbocycles. The molecular formula is C24H29N3O3. The lowest BCUT2D eigenvalue weighted by atomic mass is 10.0. The summed E-state index contributed by atoms with van der Waals surface area (Å²) in [4.78, 5) is 26.8. The lowest BCUT2D eigenvalue weighted by Gasteiger charge is -2.17. The third-order valence-corrected chi connectivity index (χ3v) is 6.26. The third kappa shape index (κ3) is 4.93. The van der Waals surface area contributed by atoms with Crippen molar-refractivity contribution < 1.29 is 14.3 Å². The summed E-state index contributed by atoms with van der Waals surface area (Å²) in [6, 6.07) is 14.8. The van der Waals surface area contributed by atoms with Gasteiger partial charge in [0, 0.05) is 25.3 Å². The van der Waals surface area contributed by atoms with Gasteiger partial charge in [0.2, 0.25) is 5.91 Å². The molecule has 1 heterocycles. The summed E-state index contributed by atoms with van der Waals surface area (Å²) in [5.41, 5.74) is 2.67. The predicted molar refractivity (Wildman–Crippen MR) is 116 cm³/mol. The number of anilines is 1. The van der Waals surface area contributed by atoms with Crippen molar-refractivity contribution in [3.63, 3.8) is 0 Å². The zero-order chi connectivity index (χ0) is 20.9. The summed E-state index contributed by atoms with van der Waals surface area (Å²) >= 11 is 0. The van der Waals surface area contributed by atoms with Crippen LogP contribution in [0.4, 0.5) is 10.5 Å². The van der Waals surface area contributed by atoms with Crippen LogP contribution in [-0.4, -0.2) is 37.0 Å². The van der Waals surface area contributed by atoms with Crippen molar-refractivity contribution in [1.29, 1.82) is 0 Å². The molecular weight excluding hydrogens is 378 g/mol. The molecule has 0 bridgehead atoms. The van der Waals surface area contributed by atoms with E-state index in [-0.39, 0.29) is 11.9 Å². The molecule has 1 saturated heterocycles. The van der Waals surface area contributed by atoms with Crippen LogP contribution in [0.3, 0.4) is 0 Å². The smallest absolute Gasteiger partial charge is 0.319 e. The zero-order valence-electron chi connectivity index (χ0n) is 17.4. The number of urea groups is 1. The molecule has 2 N–H and O–H groups in total. The molecule has 2 atom stereocenters. The Kier molecular flexibility index (Phi) is 6.21. The first kappa shape index (κ1) is 20.3. The fourth-order valence-corrected chi connectivity index (χ4v) is 4.53. The molecule has 0 aromatic heterocycles. The standard InChI is InChI=1S/C24H29N3O3/c1-30-22-11-7-18(8-12-22)14-25-24(29)26-21-9-5-17(6-10-21)13-23(28)27-15-19-3-2-4-20(19)16-27/h5-12,19-20H,2-4,13-16H2,1H3,(H2,25,26,29). The Morgan fingerprint density at radius 2 is 1.60 bits per heavy atom. The molecule has 0 spiro atoms. The fraction of sp³-hybridized carbons (Fsp3) is 0.417. The van der Waals surface area contributed by atoms with E-state index in [4.69, 9.17) is 4.74 Å². The van der Waals surface area contributed by atoms with Gasteiger partial charge in [-0.15, -0.1) is 0 Å². The second-order valence-electron chi connectivity index (χ2n) is 8.28. The first-order valence-corrected chi connectivity index (χ1v) is 10.6. The van der Waals surface area contributed by atoms with Gasteiger partial charge >= 0.3 is 6.03 Å². The van der Waals surface area contributed by atoms with Crippen molar-refractivity contribution in [3.05, 3.63) is 59.7 Å². The van der Waals surface area contributed by atoms with Gasteiger partial charge in [0.1, 0.15) is 5.75 Å². The Balaban J connectivity index is 1.23. The minimum Gasteiger partial charge on any atom is -0.497 e. The van der Waals surface area contributed by atoms with Crippen LogP contribution in [0.2, 0.25) is 0 Å². The number of nitrogens with zero attached hydrogens (tertiary/aromatic N) is 1. The molecule has 2 aromatic carbocycles. The molecule has 3 amide bonds. The summed E-state index contributed by atoms with van der Waals surface area (Å²) in [6.07, 6.45) is 4.29. The van der Waals surface area contributed by atoms with Gasteiger partial charge in [-0.05, 0) is 60.1 Å². The maximum atomic E-state index is 12.6. The van der Waals surface area contributed by atoms with Crippen LogP contribution in [0.1, 0.15) is 30.4 Å². The molecule has 4 rings (SSSR count). The number of benzene rings is 2. The lowest BCUT2D eigenvalue weighted by molar-refractivity contribution is -0.129. The summed E-state index contributed by atoms with van der Waals surface area (Å²) in [5.74, 6) is 2.44. The Bertz CT molecular complexity index is 868. The van der Waals surface area contributed by atoms with E-state index in [1.807, 2.05) is 53.4 Å². The summed E-state index contributed by atoms with van der Waals surface area (Å²) in [6.45, 7) is 2.29. The highest BCUT2D eigenvalue weighted by molar-refractivity contribution is 5.89. The van der Waals surface area contributed by atoms with Crippen LogP contribution in [0.15, 0.2) is 48.5 Å². The minimum absolute atomic E-state index is 0.211. The molecule has 2 fully saturated rings. The number of amides is 3. The molecule has 30 heavy (non-hydrogen) atoms. The maximum absolute atomic E-state index is 12.6. The van der Waals surface area contributed by atoms with Gasteiger partial charge in [0.05, 0.1) is 13.5 Å². The molecule has 1 saturated carbocycles. The van der Waals surface area contributed by atoms with Gasteiger partial charge in [-0.2, -0.15) is 0 Å². The molecule has 2 unspecified atom stereocenters. The summed E-state index contributed by atoms with van der Waals surface area (Å²) in [7, 11) is 1.62. The summed E-state index contributed by atoms with van der Waals surface area (Å²) in [5, 5.41) is 5.66. The number of methoxy groups -OCH3 is 1. The molecule has 6 nitrogen and oxygen atoms in total. The number of carbonyl (C=O) groups is 2. The molecule has 2 aromatic rings. The van der Waals surface area contributed by atoms with Gasteiger partial charge in [-0.3, -0.25) is 4.79 Å². The van der Waals surface area contributed by atoms with Crippen LogP contribution in [-0.2, 0) is 17.8 Å². The van der Waals surface area contributed by atoms with Gasteiger partial charge in [0.25, 0.3) is 0 Å². The van der Waals surface area contributed by atoms with Crippen LogP contribution >= 0.6 is 0 Å². The number of hydrogen-bond donors (Lipinski definition) is 2. The lowest BCUT2D eigenvalue weighted by Crippen LogP contribution is -2.30. The van der Waals surface area contributed by atoms with E-state index in [1.54, 1.807) is 7.11 Å². The van der Waals surface area contributed by atoms with Crippen molar-refractivity contribution in [1.82, 2.24) is 10.2 Å². The zero-order valence-corrected chi connectivity index (χ0v) is 17.4. The van der Waals surface area contributed by atoms with Gasteiger partial charge in [0.15, 0.2) is 0 Å². The monoisotopic (exact) mass is 407 g/mol. The van der Waals surface area contributed by atoms with Gasteiger partial charge in [-0.1, -0.05) is 30.7 Å². The van der Waals surface area contributed by atoms with E-state index in [1.165, 1.54) is 19.3 Å². The van der Waals surface area contributed by atoms with Crippen LogP contribution in [0.25, 0.3) is 0 Å². The van der Waals surface area contributed by atoms with E-state index >= 15 is 0 Å². The molecule has 158 valence electrons. The Labute approximate surface area is 177 Å². The SMILES string of the molecule is COc1ccc(CNC(=O)Nc2ccc(CC(=O)N3CC4CCCC4C3)cc2)cc1.